The molecular formula is C11H12FN3O2S. The molecule has 2 rings (SSSR count). The van der Waals surface area contributed by atoms with Gasteiger partial charge in [-0.25, -0.2) is 22.9 Å². The fourth-order valence-corrected chi connectivity index (χ4v) is 2.31. The van der Waals surface area contributed by atoms with Crippen LogP contribution in [0, 0.1) is 5.82 Å². The largest absolute Gasteiger partial charge is 0.351 e. The van der Waals surface area contributed by atoms with Crippen molar-refractivity contribution < 1.29 is 12.8 Å². The Labute approximate surface area is 104 Å². The summed E-state index contributed by atoms with van der Waals surface area (Å²) in [6.07, 6.45) is 3.46. The number of rotatable bonds is 4. The lowest BCUT2D eigenvalue weighted by atomic mass is 10.1. The number of aromatic nitrogens is 2. The number of benzene rings is 1. The Bertz CT molecular complexity index is 638. The third-order valence-electron chi connectivity index (χ3n) is 2.40. The zero-order chi connectivity index (χ0) is 13.2. The number of H-pyrrole nitrogens is 1. The lowest BCUT2D eigenvalue weighted by Crippen LogP contribution is -2.14. The molecule has 7 heteroatoms. The molecule has 0 fully saturated rings. The number of hydrogen-bond donors (Lipinski definition) is 2. The molecule has 0 saturated heterocycles. The second-order valence-electron chi connectivity index (χ2n) is 3.97. The van der Waals surface area contributed by atoms with Gasteiger partial charge < -0.3 is 4.98 Å². The van der Waals surface area contributed by atoms with E-state index in [0.29, 0.717) is 23.2 Å². The van der Waals surface area contributed by atoms with Crippen LogP contribution in [0.4, 0.5) is 4.39 Å². The van der Waals surface area contributed by atoms with Crippen LogP contribution in [-0.4, -0.2) is 18.4 Å². The molecule has 1 heterocycles. The van der Waals surface area contributed by atoms with E-state index < -0.39 is 15.8 Å². The van der Waals surface area contributed by atoms with Gasteiger partial charge in [-0.15, -0.1) is 0 Å². The van der Waals surface area contributed by atoms with E-state index in [1.807, 2.05) is 0 Å². The van der Waals surface area contributed by atoms with Crippen LogP contribution < -0.4 is 5.14 Å². The maximum absolute atomic E-state index is 13.6. The highest BCUT2D eigenvalue weighted by Gasteiger charge is 2.10. The first-order valence-corrected chi connectivity index (χ1v) is 6.91. The molecule has 0 aliphatic heterocycles. The number of halogens is 1. The van der Waals surface area contributed by atoms with Gasteiger partial charge in [0.2, 0.25) is 10.0 Å². The van der Waals surface area contributed by atoms with Crippen molar-refractivity contribution in [3.05, 3.63) is 53.4 Å². The SMILES string of the molecule is NS(=O)(=O)Cc1ccc(F)c(Cc2c[nH]cn2)c1. The molecule has 0 aliphatic rings. The van der Waals surface area contributed by atoms with Crippen molar-refractivity contribution >= 4 is 10.0 Å². The van der Waals surface area contributed by atoms with Gasteiger partial charge in [-0.3, -0.25) is 0 Å². The third-order valence-corrected chi connectivity index (χ3v) is 3.14. The first-order chi connectivity index (χ1) is 8.44. The molecule has 0 amide bonds. The number of nitrogens with two attached hydrogens (primary N) is 1. The quantitative estimate of drug-likeness (QED) is 0.865. The molecule has 0 radical (unpaired) electrons. The molecule has 0 bridgehead atoms. The van der Waals surface area contributed by atoms with Crippen molar-refractivity contribution in [3.63, 3.8) is 0 Å². The summed E-state index contributed by atoms with van der Waals surface area (Å²) in [7, 11) is -3.61. The second-order valence-corrected chi connectivity index (χ2v) is 5.58. The van der Waals surface area contributed by atoms with Crippen molar-refractivity contribution in [1.29, 1.82) is 0 Å². The lowest BCUT2D eigenvalue weighted by Gasteiger charge is -2.05. The Morgan fingerprint density at radius 2 is 2.17 bits per heavy atom. The second kappa shape index (κ2) is 4.87. The van der Waals surface area contributed by atoms with Crippen molar-refractivity contribution in [2.24, 2.45) is 5.14 Å². The predicted octanol–water partition coefficient (Wildman–Crippen LogP) is 0.928. The van der Waals surface area contributed by atoms with Gasteiger partial charge in [0, 0.05) is 12.6 Å². The Morgan fingerprint density at radius 3 is 2.78 bits per heavy atom. The van der Waals surface area contributed by atoms with E-state index in [-0.39, 0.29) is 5.75 Å². The first kappa shape index (κ1) is 12.7. The number of aromatic amines is 1. The Kier molecular flexibility index (Phi) is 3.44. The predicted molar refractivity (Wildman–Crippen MR) is 64.6 cm³/mol. The number of primary sulfonamides is 1. The number of hydrogen-bond acceptors (Lipinski definition) is 3. The topological polar surface area (TPSA) is 88.8 Å². The summed E-state index contributed by atoms with van der Waals surface area (Å²) in [5, 5.41) is 4.95. The molecule has 0 aliphatic carbocycles. The van der Waals surface area contributed by atoms with E-state index in [0.717, 1.165) is 0 Å². The molecule has 2 aromatic rings. The number of nitrogens with one attached hydrogen (secondary N) is 1. The molecule has 96 valence electrons. The zero-order valence-electron chi connectivity index (χ0n) is 9.43. The monoisotopic (exact) mass is 269 g/mol. The van der Waals surface area contributed by atoms with Crippen LogP contribution in [0.25, 0.3) is 0 Å². The van der Waals surface area contributed by atoms with Crippen molar-refractivity contribution in [3.8, 4) is 0 Å². The summed E-state index contributed by atoms with van der Waals surface area (Å²) in [5.41, 5.74) is 1.54. The van der Waals surface area contributed by atoms with Crippen LogP contribution in [0.3, 0.4) is 0 Å². The number of sulfonamides is 1. The fourth-order valence-electron chi connectivity index (χ4n) is 1.67. The molecule has 0 atom stereocenters. The summed E-state index contributed by atoms with van der Waals surface area (Å²) >= 11 is 0. The van der Waals surface area contributed by atoms with E-state index in [4.69, 9.17) is 5.14 Å². The number of nitrogens with zero attached hydrogens (tertiary/aromatic N) is 1. The van der Waals surface area contributed by atoms with Crippen molar-refractivity contribution in [2.75, 3.05) is 0 Å². The van der Waals surface area contributed by atoms with Gasteiger partial charge in [-0.1, -0.05) is 12.1 Å². The maximum Gasteiger partial charge on any atom is 0.213 e. The standard InChI is InChI=1S/C11H12FN3O2S/c12-11-2-1-8(6-18(13,16)17)3-9(11)4-10-5-14-7-15-10/h1-3,5,7H,4,6H2,(H,14,15)(H2,13,16,17). The lowest BCUT2D eigenvalue weighted by molar-refractivity contribution is 0.596. The van der Waals surface area contributed by atoms with Gasteiger partial charge in [-0.05, 0) is 17.2 Å². The Hall–Kier alpha value is -1.73. The van der Waals surface area contributed by atoms with E-state index >= 15 is 0 Å². The summed E-state index contributed by atoms with van der Waals surface area (Å²) in [5.74, 6) is -0.697. The smallest absolute Gasteiger partial charge is 0.213 e. The summed E-state index contributed by atoms with van der Waals surface area (Å²) in [4.78, 5) is 6.76. The minimum absolute atomic E-state index is 0.299. The molecule has 18 heavy (non-hydrogen) atoms. The van der Waals surface area contributed by atoms with Crippen LogP contribution in [0.15, 0.2) is 30.7 Å². The normalized spacial score (nSPS) is 11.7. The fraction of sp³-hybridized carbons (Fsp3) is 0.182. The minimum Gasteiger partial charge on any atom is -0.351 e. The minimum atomic E-state index is -3.61. The molecule has 0 saturated carbocycles. The number of imidazole rings is 1. The van der Waals surface area contributed by atoms with E-state index in [1.165, 1.54) is 24.5 Å². The zero-order valence-corrected chi connectivity index (χ0v) is 10.2. The summed E-state index contributed by atoms with van der Waals surface area (Å²) in [6, 6.07) is 4.14. The summed E-state index contributed by atoms with van der Waals surface area (Å²) < 4.78 is 35.5. The molecule has 3 N–H and O–H groups in total. The van der Waals surface area contributed by atoms with Gasteiger partial charge in [0.25, 0.3) is 0 Å². The maximum atomic E-state index is 13.6. The molecule has 5 nitrogen and oxygen atoms in total. The van der Waals surface area contributed by atoms with Crippen LogP contribution >= 0.6 is 0 Å². The van der Waals surface area contributed by atoms with Gasteiger partial charge >= 0.3 is 0 Å². The highest BCUT2D eigenvalue weighted by atomic mass is 32.2. The van der Waals surface area contributed by atoms with Crippen LogP contribution in [0.5, 0.6) is 0 Å². The van der Waals surface area contributed by atoms with Crippen LogP contribution in [0.1, 0.15) is 16.8 Å². The molecule has 0 spiro atoms. The van der Waals surface area contributed by atoms with E-state index in [2.05, 4.69) is 9.97 Å². The van der Waals surface area contributed by atoms with Gasteiger partial charge in [0.1, 0.15) is 5.82 Å². The summed E-state index contributed by atoms with van der Waals surface area (Å²) in [6.45, 7) is 0. The highest BCUT2D eigenvalue weighted by Crippen LogP contribution is 2.15. The third kappa shape index (κ3) is 3.38. The van der Waals surface area contributed by atoms with Gasteiger partial charge in [0.05, 0.1) is 17.8 Å². The Balaban J connectivity index is 2.27. The average Bonchev–Trinajstić information content (AvgIpc) is 2.73. The van der Waals surface area contributed by atoms with Crippen molar-refractivity contribution in [2.45, 2.75) is 12.2 Å². The van der Waals surface area contributed by atoms with Crippen LogP contribution in [-0.2, 0) is 22.2 Å². The van der Waals surface area contributed by atoms with Crippen molar-refractivity contribution in [1.82, 2.24) is 9.97 Å². The van der Waals surface area contributed by atoms with Gasteiger partial charge in [-0.2, -0.15) is 0 Å². The first-order valence-electron chi connectivity index (χ1n) is 5.19. The average molecular weight is 269 g/mol. The highest BCUT2D eigenvalue weighted by molar-refractivity contribution is 7.88. The van der Waals surface area contributed by atoms with Crippen LogP contribution in [0.2, 0.25) is 0 Å². The molecule has 1 aromatic carbocycles. The van der Waals surface area contributed by atoms with Gasteiger partial charge in [0.15, 0.2) is 0 Å². The Morgan fingerprint density at radius 1 is 1.39 bits per heavy atom. The molecular weight excluding hydrogens is 257 g/mol. The molecule has 0 unspecified atom stereocenters. The van der Waals surface area contributed by atoms with E-state index in [1.54, 1.807) is 6.20 Å². The molecule has 1 aromatic heterocycles. The van der Waals surface area contributed by atoms with E-state index in [9.17, 15) is 12.8 Å².